The van der Waals surface area contributed by atoms with Crippen molar-refractivity contribution in [3.05, 3.63) is 0 Å². The topological polar surface area (TPSA) is 88.8 Å². The summed E-state index contributed by atoms with van der Waals surface area (Å²) in [5.74, 6) is 1.17. The molecule has 4 N–H and O–H groups in total. The van der Waals surface area contributed by atoms with E-state index in [1.165, 1.54) is 0 Å². The van der Waals surface area contributed by atoms with Crippen LogP contribution >= 0.6 is 0 Å². The number of nitrogens with one attached hydrogen (secondary N) is 2. The van der Waals surface area contributed by atoms with Crippen molar-refractivity contribution in [1.82, 2.24) is 15.0 Å². The fourth-order valence-corrected chi connectivity index (χ4v) is 1.17. The third kappa shape index (κ3) is 5.33. The second kappa shape index (κ2) is 4.35. The molecular weight excluding hydrogens is 216 g/mol. The Morgan fingerprint density at radius 2 is 1.12 bits per heavy atom. The molecule has 96 valence electrons. The number of hydrogen-bond acceptors (Lipinski definition) is 6. The SMILES string of the molecule is CC(C)(C)Nc1nc(N)nc(NC(C)(C)C)n1. The maximum Gasteiger partial charge on any atom is 0.229 e. The highest BCUT2D eigenvalue weighted by atomic mass is 15.3. The van der Waals surface area contributed by atoms with Crippen LogP contribution in [0.5, 0.6) is 0 Å². The molecular formula is C11H22N6. The van der Waals surface area contributed by atoms with E-state index in [9.17, 15) is 0 Å². The van der Waals surface area contributed by atoms with E-state index in [-0.39, 0.29) is 17.0 Å². The molecule has 1 heterocycles. The zero-order valence-electron chi connectivity index (χ0n) is 11.4. The molecule has 1 aromatic heterocycles. The highest BCUT2D eigenvalue weighted by Crippen LogP contribution is 2.15. The summed E-state index contributed by atoms with van der Waals surface area (Å²) < 4.78 is 0. The Balaban J connectivity index is 2.95. The smallest absolute Gasteiger partial charge is 0.229 e. The van der Waals surface area contributed by atoms with Crippen molar-refractivity contribution in [3.63, 3.8) is 0 Å². The first-order valence-corrected chi connectivity index (χ1v) is 5.63. The van der Waals surface area contributed by atoms with E-state index in [0.29, 0.717) is 11.9 Å². The van der Waals surface area contributed by atoms with Crippen LogP contribution in [0.25, 0.3) is 0 Å². The van der Waals surface area contributed by atoms with Crippen molar-refractivity contribution in [3.8, 4) is 0 Å². The van der Waals surface area contributed by atoms with Gasteiger partial charge >= 0.3 is 0 Å². The van der Waals surface area contributed by atoms with Crippen LogP contribution in [0.1, 0.15) is 41.5 Å². The number of rotatable bonds is 2. The van der Waals surface area contributed by atoms with Crippen molar-refractivity contribution in [1.29, 1.82) is 0 Å². The maximum absolute atomic E-state index is 5.65. The summed E-state index contributed by atoms with van der Waals surface area (Å²) in [5, 5.41) is 6.33. The number of aromatic nitrogens is 3. The Kier molecular flexibility index (Phi) is 3.45. The average Bonchev–Trinajstić information content (AvgIpc) is 1.93. The molecule has 6 nitrogen and oxygen atoms in total. The highest BCUT2D eigenvalue weighted by molar-refractivity contribution is 5.42. The van der Waals surface area contributed by atoms with Gasteiger partial charge in [-0.15, -0.1) is 0 Å². The summed E-state index contributed by atoms with van der Waals surface area (Å²) in [5.41, 5.74) is 5.42. The molecule has 0 atom stereocenters. The van der Waals surface area contributed by atoms with Gasteiger partial charge in [0.15, 0.2) is 0 Å². The number of nitrogen functional groups attached to an aromatic ring is 1. The first kappa shape index (κ1) is 13.5. The summed E-state index contributed by atoms with van der Waals surface area (Å²) in [6.07, 6.45) is 0. The molecule has 1 aromatic rings. The molecule has 0 aromatic carbocycles. The van der Waals surface area contributed by atoms with Gasteiger partial charge in [0.2, 0.25) is 17.8 Å². The van der Waals surface area contributed by atoms with Crippen molar-refractivity contribution in [2.75, 3.05) is 16.4 Å². The summed E-state index contributed by atoms with van der Waals surface area (Å²) in [6, 6.07) is 0. The van der Waals surface area contributed by atoms with Crippen LogP contribution in [-0.4, -0.2) is 26.0 Å². The van der Waals surface area contributed by atoms with Crippen LogP contribution in [0.3, 0.4) is 0 Å². The van der Waals surface area contributed by atoms with Crippen LogP contribution in [0, 0.1) is 0 Å². The van der Waals surface area contributed by atoms with Gasteiger partial charge in [0, 0.05) is 11.1 Å². The highest BCUT2D eigenvalue weighted by Gasteiger charge is 2.16. The molecule has 0 radical (unpaired) electrons. The first-order valence-electron chi connectivity index (χ1n) is 5.63. The minimum atomic E-state index is -0.118. The van der Waals surface area contributed by atoms with Gasteiger partial charge in [-0.3, -0.25) is 0 Å². The van der Waals surface area contributed by atoms with Gasteiger partial charge in [-0.25, -0.2) is 0 Å². The van der Waals surface area contributed by atoms with E-state index in [1.807, 2.05) is 41.5 Å². The molecule has 0 aliphatic carbocycles. The van der Waals surface area contributed by atoms with Gasteiger partial charge < -0.3 is 16.4 Å². The molecule has 17 heavy (non-hydrogen) atoms. The fraction of sp³-hybridized carbons (Fsp3) is 0.727. The molecule has 0 bridgehead atoms. The van der Waals surface area contributed by atoms with Crippen molar-refractivity contribution in [2.24, 2.45) is 0 Å². The van der Waals surface area contributed by atoms with E-state index in [0.717, 1.165) is 0 Å². The van der Waals surface area contributed by atoms with Crippen LogP contribution in [0.4, 0.5) is 17.8 Å². The van der Waals surface area contributed by atoms with E-state index in [4.69, 9.17) is 5.73 Å². The molecule has 0 saturated carbocycles. The number of hydrogen-bond donors (Lipinski definition) is 3. The third-order valence-electron chi connectivity index (χ3n) is 1.63. The van der Waals surface area contributed by atoms with Gasteiger partial charge in [0.25, 0.3) is 0 Å². The predicted molar refractivity (Wildman–Crippen MR) is 71.0 cm³/mol. The summed E-state index contributed by atoms with van der Waals surface area (Å²) in [4.78, 5) is 12.4. The minimum Gasteiger partial charge on any atom is -0.368 e. The van der Waals surface area contributed by atoms with E-state index in [2.05, 4.69) is 25.6 Å². The Labute approximate surface area is 102 Å². The van der Waals surface area contributed by atoms with Crippen LogP contribution < -0.4 is 16.4 Å². The maximum atomic E-state index is 5.65. The normalized spacial score (nSPS) is 12.4. The largest absolute Gasteiger partial charge is 0.368 e. The summed E-state index contributed by atoms with van der Waals surface area (Å²) in [6.45, 7) is 12.2. The zero-order chi connectivity index (χ0) is 13.3. The van der Waals surface area contributed by atoms with Crippen LogP contribution in [0.15, 0.2) is 0 Å². The lowest BCUT2D eigenvalue weighted by molar-refractivity contribution is 0.617. The Morgan fingerprint density at radius 3 is 1.41 bits per heavy atom. The van der Waals surface area contributed by atoms with Gasteiger partial charge in [-0.1, -0.05) is 0 Å². The molecule has 0 unspecified atom stereocenters. The summed E-state index contributed by atoms with van der Waals surface area (Å²) in [7, 11) is 0. The molecule has 0 saturated heterocycles. The van der Waals surface area contributed by atoms with E-state index < -0.39 is 0 Å². The molecule has 0 spiro atoms. The quantitative estimate of drug-likeness (QED) is 0.729. The number of nitrogens with two attached hydrogens (primary N) is 1. The van der Waals surface area contributed by atoms with Crippen molar-refractivity contribution < 1.29 is 0 Å². The van der Waals surface area contributed by atoms with Crippen molar-refractivity contribution >= 4 is 17.8 Å². The molecule has 1 rings (SSSR count). The lowest BCUT2D eigenvalue weighted by Gasteiger charge is -2.23. The van der Waals surface area contributed by atoms with E-state index >= 15 is 0 Å². The van der Waals surface area contributed by atoms with Gasteiger partial charge in [0.05, 0.1) is 0 Å². The molecule has 0 amide bonds. The van der Waals surface area contributed by atoms with E-state index in [1.54, 1.807) is 0 Å². The Hall–Kier alpha value is -1.59. The Morgan fingerprint density at radius 1 is 0.765 bits per heavy atom. The fourth-order valence-electron chi connectivity index (χ4n) is 1.17. The van der Waals surface area contributed by atoms with Gasteiger partial charge in [0.1, 0.15) is 0 Å². The van der Waals surface area contributed by atoms with Crippen LogP contribution in [-0.2, 0) is 0 Å². The predicted octanol–water partition coefficient (Wildman–Crippen LogP) is 1.87. The molecule has 0 fully saturated rings. The average molecular weight is 238 g/mol. The lowest BCUT2D eigenvalue weighted by atomic mass is 10.1. The molecule has 0 aliphatic rings. The number of nitrogens with zero attached hydrogens (tertiary/aromatic N) is 3. The summed E-state index contributed by atoms with van der Waals surface area (Å²) >= 11 is 0. The second-order valence-electron chi connectivity index (χ2n) is 6.09. The van der Waals surface area contributed by atoms with Crippen LogP contribution in [0.2, 0.25) is 0 Å². The first-order chi connectivity index (χ1) is 7.55. The second-order valence-corrected chi connectivity index (χ2v) is 6.09. The standard InChI is InChI=1S/C11H22N6/c1-10(2,3)16-8-13-7(12)14-9(15-8)17-11(4,5)6/h1-6H3,(H4,12,13,14,15,16,17). The minimum absolute atomic E-state index is 0.118. The Bertz CT molecular complexity index is 354. The third-order valence-corrected chi connectivity index (χ3v) is 1.63. The van der Waals surface area contributed by atoms with Crippen molar-refractivity contribution in [2.45, 2.75) is 52.6 Å². The molecule has 6 heteroatoms. The number of anilines is 3. The monoisotopic (exact) mass is 238 g/mol. The lowest BCUT2D eigenvalue weighted by Crippen LogP contribution is -2.30. The zero-order valence-corrected chi connectivity index (χ0v) is 11.4. The van der Waals surface area contributed by atoms with Gasteiger partial charge in [-0.2, -0.15) is 15.0 Å². The molecule has 0 aliphatic heterocycles. The van der Waals surface area contributed by atoms with Gasteiger partial charge in [-0.05, 0) is 41.5 Å².